The SMILES string of the molecule is CC(C)(C)c1cccc(C2(N=C=O)CC2)c1. The Morgan fingerprint density at radius 3 is 2.50 bits per heavy atom. The molecule has 0 radical (unpaired) electrons. The summed E-state index contributed by atoms with van der Waals surface area (Å²) < 4.78 is 0. The first kappa shape index (κ1) is 11.1. The summed E-state index contributed by atoms with van der Waals surface area (Å²) in [6.07, 6.45) is 3.64. The zero-order chi connectivity index (χ0) is 11.8. The highest BCUT2D eigenvalue weighted by atomic mass is 16.1. The van der Waals surface area contributed by atoms with E-state index in [4.69, 9.17) is 0 Å². The number of rotatable bonds is 2. The molecule has 0 saturated heterocycles. The average molecular weight is 215 g/mol. The number of nitrogens with zero attached hydrogens (tertiary/aromatic N) is 1. The first-order valence-corrected chi connectivity index (χ1v) is 5.68. The highest BCUT2D eigenvalue weighted by molar-refractivity contribution is 5.43. The van der Waals surface area contributed by atoms with Crippen molar-refractivity contribution in [3.8, 4) is 0 Å². The van der Waals surface area contributed by atoms with Crippen molar-refractivity contribution in [1.29, 1.82) is 0 Å². The second-order valence-electron chi connectivity index (χ2n) is 5.57. The molecule has 0 spiro atoms. The van der Waals surface area contributed by atoms with Crippen molar-refractivity contribution in [2.75, 3.05) is 0 Å². The highest BCUT2D eigenvalue weighted by Crippen LogP contribution is 2.49. The maximum Gasteiger partial charge on any atom is 0.235 e. The molecule has 1 aromatic rings. The topological polar surface area (TPSA) is 29.4 Å². The predicted molar refractivity (Wildman–Crippen MR) is 64.2 cm³/mol. The zero-order valence-corrected chi connectivity index (χ0v) is 10.1. The van der Waals surface area contributed by atoms with Gasteiger partial charge in [0.15, 0.2) is 0 Å². The summed E-state index contributed by atoms with van der Waals surface area (Å²) in [5, 5.41) is 0. The minimum atomic E-state index is -0.247. The molecule has 0 N–H and O–H groups in total. The third-order valence-electron chi connectivity index (χ3n) is 3.25. The van der Waals surface area contributed by atoms with E-state index < -0.39 is 0 Å². The average Bonchev–Trinajstić information content (AvgIpc) is 2.99. The molecule has 1 saturated carbocycles. The molecule has 0 heterocycles. The van der Waals surface area contributed by atoms with Crippen LogP contribution in [0.3, 0.4) is 0 Å². The van der Waals surface area contributed by atoms with E-state index in [0.29, 0.717) is 0 Å². The van der Waals surface area contributed by atoms with Crippen molar-refractivity contribution in [3.63, 3.8) is 0 Å². The summed E-state index contributed by atoms with van der Waals surface area (Å²) >= 11 is 0. The van der Waals surface area contributed by atoms with Crippen LogP contribution in [0, 0.1) is 0 Å². The summed E-state index contributed by atoms with van der Waals surface area (Å²) in [4.78, 5) is 14.4. The van der Waals surface area contributed by atoms with Crippen LogP contribution >= 0.6 is 0 Å². The van der Waals surface area contributed by atoms with Gasteiger partial charge in [0, 0.05) is 0 Å². The Balaban J connectivity index is 2.41. The van der Waals surface area contributed by atoms with Gasteiger partial charge in [-0.1, -0.05) is 45.0 Å². The third-order valence-corrected chi connectivity index (χ3v) is 3.25. The van der Waals surface area contributed by atoms with Gasteiger partial charge in [0.25, 0.3) is 0 Å². The van der Waals surface area contributed by atoms with Crippen molar-refractivity contribution in [1.82, 2.24) is 0 Å². The molecular weight excluding hydrogens is 198 g/mol. The van der Waals surface area contributed by atoms with Gasteiger partial charge in [-0.3, -0.25) is 0 Å². The van der Waals surface area contributed by atoms with E-state index in [1.807, 2.05) is 0 Å². The second-order valence-corrected chi connectivity index (χ2v) is 5.57. The normalized spacial score (nSPS) is 17.7. The lowest BCUT2D eigenvalue weighted by Crippen LogP contribution is -2.12. The fourth-order valence-electron chi connectivity index (χ4n) is 1.95. The number of hydrogen-bond donors (Lipinski definition) is 0. The molecule has 0 atom stereocenters. The van der Waals surface area contributed by atoms with Crippen LogP contribution in [0.4, 0.5) is 0 Å². The van der Waals surface area contributed by atoms with Crippen LogP contribution < -0.4 is 0 Å². The first-order valence-electron chi connectivity index (χ1n) is 5.68. The Bertz CT molecular complexity index is 446. The molecule has 2 heteroatoms. The van der Waals surface area contributed by atoms with Crippen molar-refractivity contribution in [3.05, 3.63) is 35.4 Å². The monoisotopic (exact) mass is 215 g/mol. The molecule has 2 rings (SSSR count). The molecule has 2 nitrogen and oxygen atoms in total. The number of benzene rings is 1. The number of isocyanates is 1. The Kier molecular flexibility index (Phi) is 2.47. The van der Waals surface area contributed by atoms with Gasteiger partial charge in [-0.2, -0.15) is 4.99 Å². The van der Waals surface area contributed by atoms with Gasteiger partial charge in [0.05, 0.1) is 5.54 Å². The quantitative estimate of drug-likeness (QED) is 0.549. The molecule has 0 bridgehead atoms. The molecule has 0 unspecified atom stereocenters. The van der Waals surface area contributed by atoms with Crippen LogP contribution in [0.1, 0.15) is 44.7 Å². The summed E-state index contributed by atoms with van der Waals surface area (Å²) in [7, 11) is 0. The number of carbonyl (C=O) groups excluding carboxylic acids is 1. The van der Waals surface area contributed by atoms with E-state index >= 15 is 0 Å². The molecule has 1 fully saturated rings. The summed E-state index contributed by atoms with van der Waals surface area (Å²) in [6.45, 7) is 6.57. The minimum Gasteiger partial charge on any atom is -0.211 e. The van der Waals surface area contributed by atoms with E-state index in [-0.39, 0.29) is 11.0 Å². The fraction of sp³-hybridized carbons (Fsp3) is 0.500. The van der Waals surface area contributed by atoms with Crippen LogP contribution in [0.15, 0.2) is 29.3 Å². The largest absolute Gasteiger partial charge is 0.235 e. The van der Waals surface area contributed by atoms with Gasteiger partial charge < -0.3 is 0 Å². The number of aliphatic imine (C=N–C) groups is 1. The Morgan fingerprint density at radius 1 is 1.31 bits per heavy atom. The van der Waals surface area contributed by atoms with E-state index in [1.54, 1.807) is 6.08 Å². The lowest BCUT2D eigenvalue weighted by Gasteiger charge is -2.20. The van der Waals surface area contributed by atoms with Crippen LogP contribution in [0.5, 0.6) is 0 Å². The first-order chi connectivity index (χ1) is 7.48. The van der Waals surface area contributed by atoms with Crippen molar-refractivity contribution in [2.45, 2.75) is 44.6 Å². The summed E-state index contributed by atoms with van der Waals surface area (Å²) in [5.74, 6) is 0. The van der Waals surface area contributed by atoms with Gasteiger partial charge in [0.2, 0.25) is 6.08 Å². The van der Waals surface area contributed by atoms with Crippen LogP contribution in [0.2, 0.25) is 0 Å². The molecule has 1 aliphatic rings. The molecular formula is C14H17NO. The summed E-state index contributed by atoms with van der Waals surface area (Å²) in [5.41, 5.74) is 2.33. The van der Waals surface area contributed by atoms with E-state index in [0.717, 1.165) is 18.4 Å². The van der Waals surface area contributed by atoms with E-state index in [9.17, 15) is 4.79 Å². The van der Waals surface area contributed by atoms with Crippen molar-refractivity contribution >= 4 is 6.08 Å². The van der Waals surface area contributed by atoms with Crippen molar-refractivity contribution < 1.29 is 4.79 Å². The fourth-order valence-corrected chi connectivity index (χ4v) is 1.95. The Labute approximate surface area is 96.4 Å². The van der Waals surface area contributed by atoms with Gasteiger partial charge >= 0.3 is 0 Å². The van der Waals surface area contributed by atoms with Gasteiger partial charge in [0.1, 0.15) is 0 Å². The Morgan fingerprint density at radius 2 is 2.00 bits per heavy atom. The summed E-state index contributed by atoms with van der Waals surface area (Å²) in [6, 6.07) is 8.41. The molecule has 1 aromatic carbocycles. The lowest BCUT2D eigenvalue weighted by atomic mass is 9.85. The molecule has 0 amide bonds. The smallest absolute Gasteiger partial charge is 0.211 e. The van der Waals surface area contributed by atoms with Gasteiger partial charge in [-0.05, 0) is 29.4 Å². The van der Waals surface area contributed by atoms with Gasteiger partial charge in [-0.15, -0.1) is 0 Å². The van der Waals surface area contributed by atoms with E-state index in [2.05, 4.69) is 50.0 Å². The second kappa shape index (κ2) is 3.57. The number of hydrogen-bond acceptors (Lipinski definition) is 2. The van der Waals surface area contributed by atoms with Crippen LogP contribution in [-0.2, 0) is 15.7 Å². The maximum absolute atomic E-state index is 10.4. The standard InChI is InChI=1S/C14H17NO/c1-13(2,3)11-5-4-6-12(9-11)14(7-8-14)15-10-16/h4-6,9H,7-8H2,1-3H3. The minimum absolute atomic E-state index is 0.136. The van der Waals surface area contributed by atoms with Crippen LogP contribution in [-0.4, -0.2) is 6.08 Å². The molecule has 0 aliphatic heterocycles. The van der Waals surface area contributed by atoms with E-state index in [1.165, 1.54) is 5.56 Å². The highest BCUT2D eigenvalue weighted by Gasteiger charge is 2.45. The zero-order valence-electron chi connectivity index (χ0n) is 10.1. The molecule has 0 aromatic heterocycles. The van der Waals surface area contributed by atoms with Gasteiger partial charge in [-0.25, -0.2) is 4.79 Å². The molecule has 16 heavy (non-hydrogen) atoms. The predicted octanol–water partition coefficient (Wildman–Crippen LogP) is 3.31. The molecule has 1 aliphatic carbocycles. The molecule has 84 valence electrons. The maximum atomic E-state index is 10.4. The van der Waals surface area contributed by atoms with Crippen molar-refractivity contribution in [2.24, 2.45) is 4.99 Å². The lowest BCUT2D eigenvalue weighted by molar-refractivity contribution is 0.555. The Hall–Kier alpha value is -1.40. The third kappa shape index (κ3) is 1.94. The van der Waals surface area contributed by atoms with Crippen LogP contribution in [0.25, 0.3) is 0 Å².